The number of rotatable bonds is 3. The van der Waals surface area contributed by atoms with Gasteiger partial charge in [0.1, 0.15) is 0 Å². The lowest BCUT2D eigenvalue weighted by Gasteiger charge is -2.37. The van der Waals surface area contributed by atoms with Crippen LogP contribution in [0.2, 0.25) is 0 Å². The first-order chi connectivity index (χ1) is 8.25. The Morgan fingerprint density at radius 1 is 1.29 bits per heavy atom. The van der Waals surface area contributed by atoms with E-state index in [0.29, 0.717) is 0 Å². The van der Waals surface area contributed by atoms with Crippen LogP contribution in [0.3, 0.4) is 0 Å². The standard InChI is InChI=1S/C15H21NO/c17-15(9-12-3-2-8-16-11-12)7-1-4-14(10-15)13-5-6-13/h2-3,8,11,13-14,17H,1,4-7,9-10H2. The number of nitrogens with zero attached hydrogens (tertiary/aromatic N) is 1. The van der Waals surface area contributed by atoms with Crippen LogP contribution < -0.4 is 0 Å². The molecule has 0 saturated heterocycles. The van der Waals surface area contributed by atoms with Gasteiger partial charge in [0.15, 0.2) is 0 Å². The number of hydrogen-bond acceptors (Lipinski definition) is 2. The molecule has 0 bridgehead atoms. The molecule has 1 heterocycles. The summed E-state index contributed by atoms with van der Waals surface area (Å²) in [6.07, 6.45) is 11.8. The summed E-state index contributed by atoms with van der Waals surface area (Å²) in [5.41, 5.74) is 0.709. The van der Waals surface area contributed by atoms with Crippen LogP contribution >= 0.6 is 0 Å². The molecule has 2 aliphatic rings. The zero-order valence-electron chi connectivity index (χ0n) is 10.3. The summed E-state index contributed by atoms with van der Waals surface area (Å²) in [4.78, 5) is 4.14. The Balaban J connectivity index is 1.67. The predicted molar refractivity (Wildman–Crippen MR) is 67.6 cm³/mol. The molecule has 2 nitrogen and oxygen atoms in total. The molecule has 2 atom stereocenters. The van der Waals surface area contributed by atoms with E-state index in [1.165, 1.54) is 31.2 Å². The first-order valence-electron chi connectivity index (χ1n) is 6.86. The third kappa shape index (κ3) is 2.68. The van der Waals surface area contributed by atoms with Gasteiger partial charge in [0.05, 0.1) is 5.60 Å². The summed E-state index contributed by atoms with van der Waals surface area (Å²) in [5.74, 6) is 1.71. The minimum atomic E-state index is -0.464. The van der Waals surface area contributed by atoms with Crippen LogP contribution in [0.4, 0.5) is 0 Å². The molecule has 2 saturated carbocycles. The minimum absolute atomic E-state index is 0.464. The molecular formula is C15H21NO. The van der Waals surface area contributed by atoms with E-state index in [1.807, 2.05) is 12.3 Å². The quantitative estimate of drug-likeness (QED) is 0.867. The monoisotopic (exact) mass is 231 g/mol. The highest BCUT2D eigenvalue weighted by atomic mass is 16.3. The number of pyridine rings is 1. The summed E-state index contributed by atoms with van der Waals surface area (Å²) in [7, 11) is 0. The third-order valence-electron chi connectivity index (χ3n) is 4.40. The lowest BCUT2D eigenvalue weighted by molar-refractivity contribution is -0.0196. The van der Waals surface area contributed by atoms with E-state index in [-0.39, 0.29) is 0 Å². The Labute approximate surface area is 103 Å². The van der Waals surface area contributed by atoms with Crippen molar-refractivity contribution in [2.24, 2.45) is 11.8 Å². The van der Waals surface area contributed by atoms with Crippen molar-refractivity contribution in [1.29, 1.82) is 0 Å². The van der Waals surface area contributed by atoms with Crippen molar-refractivity contribution in [3.05, 3.63) is 30.1 Å². The highest BCUT2D eigenvalue weighted by Crippen LogP contribution is 2.47. The second-order valence-corrected chi connectivity index (χ2v) is 5.96. The topological polar surface area (TPSA) is 33.1 Å². The van der Waals surface area contributed by atoms with E-state index >= 15 is 0 Å². The van der Waals surface area contributed by atoms with Gasteiger partial charge in [-0.1, -0.05) is 12.5 Å². The average Bonchev–Trinajstić information content (AvgIpc) is 3.13. The van der Waals surface area contributed by atoms with Gasteiger partial charge in [-0.05, 0) is 55.6 Å². The third-order valence-corrected chi connectivity index (χ3v) is 4.40. The van der Waals surface area contributed by atoms with Gasteiger partial charge in [0.2, 0.25) is 0 Å². The molecule has 0 spiro atoms. The maximum Gasteiger partial charge on any atom is 0.0691 e. The number of aliphatic hydroxyl groups is 1. The van der Waals surface area contributed by atoms with Gasteiger partial charge in [-0.25, -0.2) is 0 Å². The van der Waals surface area contributed by atoms with Crippen molar-refractivity contribution in [3.63, 3.8) is 0 Å². The van der Waals surface area contributed by atoms with Crippen LogP contribution in [0.25, 0.3) is 0 Å². The van der Waals surface area contributed by atoms with Gasteiger partial charge in [-0.15, -0.1) is 0 Å². The second kappa shape index (κ2) is 4.41. The van der Waals surface area contributed by atoms with Gasteiger partial charge in [-0.3, -0.25) is 4.98 Å². The molecule has 1 aromatic heterocycles. The molecule has 0 radical (unpaired) electrons. The van der Waals surface area contributed by atoms with Crippen LogP contribution in [0.15, 0.2) is 24.5 Å². The molecule has 2 heteroatoms. The van der Waals surface area contributed by atoms with Crippen molar-refractivity contribution >= 4 is 0 Å². The maximum atomic E-state index is 10.7. The molecule has 2 fully saturated rings. The largest absolute Gasteiger partial charge is 0.390 e. The fourth-order valence-corrected chi connectivity index (χ4v) is 3.40. The van der Waals surface area contributed by atoms with Crippen LogP contribution in [-0.4, -0.2) is 15.7 Å². The van der Waals surface area contributed by atoms with Gasteiger partial charge < -0.3 is 5.11 Å². The van der Waals surface area contributed by atoms with Crippen molar-refractivity contribution < 1.29 is 5.11 Å². The number of hydrogen-bond donors (Lipinski definition) is 1. The number of aromatic nitrogens is 1. The first-order valence-corrected chi connectivity index (χ1v) is 6.86. The Morgan fingerprint density at radius 2 is 2.18 bits per heavy atom. The lowest BCUT2D eigenvalue weighted by Crippen LogP contribution is -2.38. The molecule has 0 aliphatic heterocycles. The lowest BCUT2D eigenvalue weighted by atomic mass is 9.73. The normalized spacial score (nSPS) is 33.6. The molecule has 1 N–H and O–H groups in total. The second-order valence-electron chi connectivity index (χ2n) is 5.96. The predicted octanol–water partition coefficient (Wildman–Crippen LogP) is 2.96. The Kier molecular flexibility index (Phi) is 2.91. The smallest absolute Gasteiger partial charge is 0.0691 e. The molecule has 0 amide bonds. The summed E-state index contributed by atoms with van der Waals surface area (Å²) >= 11 is 0. The Hall–Kier alpha value is -0.890. The van der Waals surface area contributed by atoms with E-state index in [0.717, 1.165) is 31.1 Å². The first kappa shape index (κ1) is 11.2. The fraction of sp³-hybridized carbons (Fsp3) is 0.667. The Morgan fingerprint density at radius 3 is 2.88 bits per heavy atom. The van der Waals surface area contributed by atoms with Crippen LogP contribution in [0.5, 0.6) is 0 Å². The molecule has 3 rings (SSSR count). The molecule has 1 aromatic rings. The summed E-state index contributed by atoms with van der Waals surface area (Å²) in [6, 6.07) is 4.03. The summed E-state index contributed by atoms with van der Waals surface area (Å²) in [6.45, 7) is 0. The molecule has 17 heavy (non-hydrogen) atoms. The molecule has 2 unspecified atom stereocenters. The zero-order valence-corrected chi connectivity index (χ0v) is 10.3. The summed E-state index contributed by atoms with van der Waals surface area (Å²) in [5, 5.41) is 10.7. The van der Waals surface area contributed by atoms with E-state index in [4.69, 9.17) is 0 Å². The van der Waals surface area contributed by atoms with Crippen molar-refractivity contribution in [2.75, 3.05) is 0 Å². The fourth-order valence-electron chi connectivity index (χ4n) is 3.40. The van der Waals surface area contributed by atoms with Crippen molar-refractivity contribution in [3.8, 4) is 0 Å². The zero-order chi connectivity index (χ0) is 11.7. The molecule has 92 valence electrons. The van der Waals surface area contributed by atoms with Gasteiger partial charge >= 0.3 is 0 Å². The molecule has 0 aromatic carbocycles. The van der Waals surface area contributed by atoms with Crippen molar-refractivity contribution in [2.45, 2.75) is 50.5 Å². The van der Waals surface area contributed by atoms with Crippen LogP contribution in [0.1, 0.15) is 44.1 Å². The summed E-state index contributed by atoms with van der Waals surface area (Å²) < 4.78 is 0. The average molecular weight is 231 g/mol. The van der Waals surface area contributed by atoms with Gasteiger partial charge in [0, 0.05) is 18.8 Å². The maximum absolute atomic E-state index is 10.7. The molecule has 2 aliphatic carbocycles. The van der Waals surface area contributed by atoms with Gasteiger partial charge in [-0.2, -0.15) is 0 Å². The Bertz CT molecular complexity index is 374. The highest BCUT2D eigenvalue weighted by Gasteiger charge is 2.40. The highest BCUT2D eigenvalue weighted by molar-refractivity contribution is 5.12. The van der Waals surface area contributed by atoms with E-state index in [2.05, 4.69) is 11.1 Å². The van der Waals surface area contributed by atoms with Crippen molar-refractivity contribution in [1.82, 2.24) is 4.98 Å². The van der Waals surface area contributed by atoms with E-state index in [1.54, 1.807) is 6.20 Å². The van der Waals surface area contributed by atoms with E-state index < -0.39 is 5.60 Å². The SMILES string of the molecule is OC1(Cc2cccnc2)CCCC(C2CC2)C1. The van der Waals surface area contributed by atoms with Crippen LogP contribution in [0, 0.1) is 11.8 Å². The molecular weight excluding hydrogens is 210 g/mol. The van der Waals surface area contributed by atoms with Gasteiger partial charge in [0.25, 0.3) is 0 Å². The van der Waals surface area contributed by atoms with Crippen LogP contribution in [-0.2, 0) is 6.42 Å². The van der Waals surface area contributed by atoms with E-state index in [9.17, 15) is 5.11 Å². The minimum Gasteiger partial charge on any atom is -0.390 e.